The van der Waals surface area contributed by atoms with Crippen molar-refractivity contribution >= 4 is 44.3 Å². The van der Waals surface area contributed by atoms with Crippen LogP contribution in [0.5, 0.6) is 0 Å². The fraction of sp³-hybridized carbons (Fsp3) is 0.111. The van der Waals surface area contributed by atoms with E-state index in [1.807, 2.05) is 0 Å². The van der Waals surface area contributed by atoms with Gasteiger partial charge in [-0.25, -0.2) is 13.3 Å². The molecule has 1 aromatic carbocycles. The quantitative estimate of drug-likeness (QED) is 0.424. The van der Waals surface area contributed by atoms with Gasteiger partial charge in [-0.05, 0) is 48.0 Å². The zero-order chi connectivity index (χ0) is 21.9. The van der Waals surface area contributed by atoms with Crippen LogP contribution in [0, 0.1) is 0 Å². The summed E-state index contributed by atoms with van der Waals surface area (Å²) < 4.78 is 58.0. The number of hydrogen-bond acceptors (Lipinski definition) is 8. The van der Waals surface area contributed by atoms with Crippen LogP contribution in [0.3, 0.4) is 0 Å². The first kappa shape index (κ1) is 21.5. The number of imide groups is 1. The van der Waals surface area contributed by atoms with E-state index in [4.69, 9.17) is 8.83 Å². The molecule has 30 heavy (non-hydrogen) atoms. The summed E-state index contributed by atoms with van der Waals surface area (Å²) in [5.41, 5.74) is 0.0364. The number of carbonyl (C=O) groups is 2. The number of furan rings is 2. The van der Waals surface area contributed by atoms with E-state index in [1.54, 1.807) is 0 Å². The minimum atomic E-state index is -3.70. The second-order valence-corrected chi connectivity index (χ2v) is 8.71. The molecule has 10 nitrogen and oxygen atoms in total. The number of carbonyl (C=O) groups excluding carboxylic acids is 2. The van der Waals surface area contributed by atoms with Crippen molar-refractivity contribution in [1.82, 2.24) is 0 Å². The highest BCUT2D eigenvalue weighted by Crippen LogP contribution is 2.28. The summed E-state index contributed by atoms with van der Waals surface area (Å²) in [6, 6.07) is 9.44. The largest absolute Gasteiger partial charge is 0.772 e. The first-order chi connectivity index (χ1) is 14.2. The highest BCUT2D eigenvalue weighted by atomic mass is 32.2. The SMILES string of the molecule is CS(=O)(=O)Nc1ccc(N(C(=O)c2ccco2)C(=O)c2ccco2)cc1CS(=O)[O-]. The molecule has 2 aromatic heterocycles. The fourth-order valence-corrected chi connectivity index (χ4v) is 3.70. The van der Waals surface area contributed by atoms with Crippen molar-refractivity contribution in [1.29, 1.82) is 0 Å². The van der Waals surface area contributed by atoms with Crippen LogP contribution in [0.4, 0.5) is 11.4 Å². The Morgan fingerprint density at radius 1 is 1.07 bits per heavy atom. The topological polar surface area (TPSA) is 150 Å². The van der Waals surface area contributed by atoms with Gasteiger partial charge in [-0.2, -0.15) is 0 Å². The van der Waals surface area contributed by atoms with Gasteiger partial charge in [0.1, 0.15) is 0 Å². The van der Waals surface area contributed by atoms with Gasteiger partial charge in [0.05, 0.1) is 30.2 Å². The van der Waals surface area contributed by atoms with Crippen LogP contribution in [0.15, 0.2) is 63.8 Å². The Kier molecular flexibility index (Phi) is 6.20. The third-order valence-corrected chi connectivity index (χ3v) is 4.92. The van der Waals surface area contributed by atoms with E-state index in [0.717, 1.165) is 11.2 Å². The predicted octanol–water partition coefficient (Wildman–Crippen LogP) is 2.11. The summed E-state index contributed by atoms with van der Waals surface area (Å²) >= 11 is -2.57. The van der Waals surface area contributed by atoms with Gasteiger partial charge in [0.15, 0.2) is 11.5 Å². The lowest BCUT2D eigenvalue weighted by molar-refractivity contribution is 0.0867. The molecule has 0 saturated carbocycles. The Hall–Kier alpha value is -3.22. The third-order valence-electron chi connectivity index (χ3n) is 3.79. The number of rotatable bonds is 7. The summed E-state index contributed by atoms with van der Waals surface area (Å²) in [6.07, 6.45) is 3.42. The van der Waals surface area contributed by atoms with E-state index in [-0.39, 0.29) is 28.5 Å². The van der Waals surface area contributed by atoms with E-state index in [9.17, 15) is 26.8 Å². The first-order valence-corrected chi connectivity index (χ1v) is 11.4. The van der Waals surface area contributed by atoms with Crippen molar-refractivity contribution in [2.45, 2.75) is 5.75 Å². The van der Waals surface area contributed by atoms with Gasteiger partial charge in [0.25, 0.3) is 0 Å². The molecule has 0 fully saturated rings. The number of hydrogen-bond donors (Lipinski definition) is 1. The van der Waals surface area contributed by atoms with Crippen molar-refractivity contribution < 1.29 is 35.6 Å². The number of nitrogens with one attached hydrogen (secondary N) is 1. The predicted molar refractivity (Wildman–Crippen MR) is 106 cm³/mol. The zero-order valence-corrected chi connectivity index (χ0v) is 17.1. The molecule has 3 aromatic rings. The Bertz CT molecular complexity index is 1140. The van der Waals surface area contributed by atoms with Gasteiger partial charge in [-0.1, -0.05) is 11.1 Å². The second kappa shape index (κ2) is 8.65. The maximum Gasteiger partial charge on any atom is 0.301 e. The molecule has 0 radical (unpaired) electrons. The van der Waals surface area contributed by atoms with Gasteiger partial charge in [0, 0.05) is 5.75 Å². The molecule has 1 atom stereocenters. The molecule has 2 amide bonds. The van der Waals surface area contributed by atoms with Crippen molar-refractivity contribution in [3.8, 4) is 0 Å². The van der Waals surface area contributed by atoms with Crippen LogP contribution in [0.2, 0.25) is 0 Å². The Balaban J connectivity index is 2.11. The molecule has 0 spiro atoms. The number of benzene rings is 1. The van der Waals surface area contributed by atoms with Crippen LogP contribution < -0.4 is 9.62 Å². The fourth-order valence-electron chi connectivity index (χ4n) is 2.61. The molecule has 3 rings (SSSR count). The van der Waals surface area contributed by atoms with E-state index in [0.29, 0.717) is 0 Å². The number of amides is 2. The van der Waals surface area contributed by atoms with Gasteiger partial charge >= 0.3 is 11.8 Å². The van der Waals surface area contributed by atoms with E-state index < -0.39 is 38.7 Å². The zero-order valence-electron chi connectivity index (χ0n) is 15.4. The number of anilines is 2. The lowest BCUT2D eigenvalue weighted by Gasteiger charge is -2.21. The Labute approximate surface area is 173 Å². The minimum Gasteiger partial charge on any atom is -0.772 e. The minimum absolute atomic E-state index is 0.00120. The monoisotopic (exact) mass is 451 g/mol. The van der Waals surface area contributed by atoms with Crippen LogP contribution in [0.25, 0.3) is 0 Å². The van der Waals surface area contributed by atoms with Crippen LogP contribution in [-0.2, 0) is 26.9 Å². The molecule has 0 saturated heterocycles. The molecule has 158 valence electrons. The average Bonchev–Trinajstić information content (AvgIpc) is 3.36. The Morgan fingerprint density at radius 3 is 2.07 bits per heavy atom. The summed E-state index contributed by atoms with van der Waals surface area (Å²) in [4.78, 5) is 26.6. The maximum atomic E-state index is 12.9. The first-order valence-electron chi connectivity index (χ1n) is 8.28. The standard InChI is InChI=1S/C18H16N2O8S2/c1-30(25,26)19-14-7-6-13(10-12(14)11-29(23)24)20(17(21)15-4-2-8-27-15)18(22)16-5-3-9-28-16/h2-10,19H,11H2,1H3,(H,23,24)/p-1. The molecule has 0 aliphatic heterocycles. The summed E-state index contributed by atoms with van der Waals surface area (Å²) in [7, 11) is -3.70. The van der Waals surface area contributed by atoms with Gasteiger partial charge in [-0.3, -0.25) is 18.5 Å². The molecule has 0 aliphatic rings. The number of sulfonamides is 1. The molecule has 12 heteroatoms. The maximum absolute atomic E-state index is 12.9. The molecular formula is C18H15N2O8S2-. The molecule has 2 heterocycles. The average molecular weight is 451 g/mol. The van der Waals surface area contributed by atoms with Gasteiger partial charge < -0.3 is 13.4 Å². The van der Waals surface area contributed by atoms with Crippen LogP contribution in [-0.4, -0.2) is 35.2 Å². The van der Waals surface area contributed by atoms with Crippen molar-refractivity contribution in [2.75, 3.05) is 15.9 Å². The summed E-state index contributed by atoms with van der Waals surface area (Å²) in [5, 5.41) is 0. The van der Waals surface area contributed by atoms with Crippen molar-refractivity contribution in [3.63, 3.8) is 0 Å². The normalized spacial score (nSPS) is 12.3. The van der Waals surface area contributed by atoms with E-state index >= 15 is 0 Å². The molecule has 0 bridgehead atoms. The van der Waals surface area contributed by atoms with Gasteiger partial charge in [0.2, 0.25) is 10.0 Å². The van der Waals surface area contributed by atoms with Crippen molar-refractivity contribution in [2.24, 2.45) is 0 Å². The van der Waals surface area contributed by atoms with Crippen LogP contribution >= 0.6 is 0 Å². The van der Waals surface area contributed by atoms with Gasteiger partial charge in [-0.15, -0.1) is 0 Å². The summed E-state index contributed by atoms with van der Waals surface area (Å²) in [6.45, 7) is 0. The third kappa shape index (κ3) is 5.03. The van der Waals surface area contributed by atoms with Crippen LogP contribution in [0.1, 0.15) is 26.7 Å². The van der Waals surface area contributed by atoms with E-state index in [1.165, 1.54) is 55.0 Å². The lowest BCUT2D eigenvalue weighted by atomic mass is 10.1. The molecule has 1 N–H and O–H groups in total. The van der Waals surface area contributed by atoms with Crippen molar-refractivity contribution in [3.05, 3.63) is 72.1 Å². The Morgan fingerprint density at radius 2 is 1.63 bits per heavy atom. The highest BCUT2D eigenvalue weighted by Gasteiger charge is 2.30. The highest BCUT2D eigenvalue weighted by molar-refractivity contribution is 7.92. The molecule has 1 unspecified atom stereocenters. The molecular weight excluding hydrogens is 436 g/mol. The lowest BCUT2D eigenvalue weighted by Crippen LogP contribution is -2.36. The van der Waals surface area contributed by atoms with E-state index in [2.05, 4.69) is 4.72 Å². The second-order valence-electron chi connectivity index (χ2n) is 6.06. The smallest absolute Gasteiger partial charge is 0.301 e. The summed E-state index contributed by atoms with van der Waals surface area (Å²) in [5.74, 6) is -2.47. The number of nitrogens with zero attached hydrogens (tertiary/aromatic N) is 1. The molecule has 0 aliphatic carbocycles.